The number of nitrogens with two attached hydrogens (primary N) is 1. The Kier molecular flexibility index (Phi) is 2.87. The van der Waals surface area contributed by atoms with Gasteiger partial charge in [-0.1, -0.05) is 18.2 Å². The van der Waals surface area contributed by atoms with Crippen molar-refractivity contribution in [3.63, 3.8) is 0 Å². The van der Waals surface area contributed by atoms with Crippen LogP contribution in [0, 0.1) is 5.92 Å². The van der Waals surface area contributed by atoms with Gasteiger partial charge in [-0.3, -0.25) is 0 Å². The topological polar surface area (TPSA) is 48.4 Å². The number of para-hydroxylation sites is 1. The summed E-state index contributed by atoms with van der Waals surface area (Å²) in [6, 6.07) is 10.1. The third-order valence-corrected chi connectivity index (χ3v) is 3.55. The van der Waals surface area contributed by atoms with Gasteiger partial charge in [0.15, 0.2) is 0 Å². The quantitative estimate of drug-likeness (QED) is 0.864. The van der Waals surface area contributed by atoms with Gasteiger partial charge in [0.1, 0.15) is 11.3 Å². The fourth-order valence-corrected chi connectivity index (χ4v) is 2.47. The van der Waals surface area contributed by atoms with Crippen LogP contribution in [0.15, 0.2) is 34.7 Å². The van der Waals surface area contributed by atoms with E-state index < -0.39 is 0 Å². The van der Waals surface area contributed by atoms with Crippen LogP contribution in [0.1, 0.15) is 24.6 Å². The molecule has 1 unspecified atom stereocenters. The van der Waals surface area contributed by atoms with Crippen molar-refractivity contribution in [3.05, 3.63) is 36.1 Å². The van der Waals surface area contributed by atoms with E-state index >= 15 is 0 Å². The van der Waals surface area contributed by atoms with E-state index in [0.29, 0.717) is 5.92 Å². The standard InChI is InChI=1S/C14H17NO2/c15-14(10-5-7-16-8-6-10)13-9-11-3-1-2-4-12(11)17-13/h1-4,9-10,14H,5-8,15H2. The van der Waals surface area contributed by atoms with Gasteiger partial charge in [0.05, 0.1) is 6.04 Å². The van der Waals surface area contributed by atoms with Crippen LogP contribution in [0.25, 0.3) is 11.0 Å². The first-order valence-corrected chi connectivity index (χ1v) is 6.16. The van der Waals surface area contributed by atoms with Crippen molar-refractivity contribution in [3.8, 4) is 0 Å². The van der Waals surface area contributed by atoms with Crippen LogP contribution < -0.4 is 5.73 Å². The highest BCUT2D eigenvalue weighted by atomic mass is 16.5. The third kappa shape index (κ3) is 2.08. The summed E-state index contributed by atoms with van der Waals surface area (Å²) in [4.78, 5) is 0. The van der Waals surface area contributed by atoms with E-state index in [2.05, 4.69) is 12.1 Å². The van der Waals surface area contributed by atoms with Gasteiger partial charge in [-0.2, -0.15) is 0 Å². The summed E-state index contributed by atoms with van der Waals surface area (Å²) in [6.07, 6.45) is 2.05. The summed E-state index contributed by atoms with van der Waals surface area (Å²) in [7, 11) is 0. The average molecular weight is 231 g/mol. The molecule has 0 amide bonds. The van der Waals surface area contributed by atoms with E-state index in [-0.39, 0.29) is 6.04 Å². The molecule has 2 heterocycles. The first kappa shape index (κ1) is 10.8. The van der Waals surface area contributed by atoms with Crippen LogP contribution in [0.3, 0.4) is 0 Å². The summed E-state index contributed by atoms with van der Waals surface area (Å²) in [5.74, 6) is 1.38. The first-order valence-electron chi connectivity index (χ1n) is 6.16. The highest BCUT2D eigenvalue weighted by molar-refractivity contribution is 5.77. The molecule has 3 rings (SSSR count). The number of furan rings is 1. The molecule has 0 saturated carbocycles. The van der Waals surface area contributed by atoms with Crippen LogP contribution in [0.4, 0.5) is 0 Å². The molecule has 3 heteroatoms. The summed E-state index contributed by atoms with van der Waals surface area (Å²) in [5, 5.41) is 1.13. The Morgan fingerprint density at radius 2 is 1.94 bits per heavy atom. The minimum Gasteiger partial charge on any atom is -0.459 e. The zero-order valence-corrected chi connectivity index (χ0v) is 9.76. The Morgan fingerprint density at radius 3 is 2.71 bits per heavy atom. The molecule has 0 radical (unpaired) electrons. The average Bonchev–Trinajstić information content (AvgIpc) is 2.82. The van der Waals surface area contributed by atoms with Crippen molar-refractivity contribution in [1.29, 1.82) is 0 Å². The zero-order chi connectivity index (χ0) is 11.7. The van der Waals surface area contributed by atoms with Gasteiger partial charge in [-0.25, -0.2) is 0 Å². The van der Waals surface area contributed by atoms with Crippen LogP contribution in [0.5, 0.6) is 0 Å². The molecule has 2 N–H and O–H groups in total. The molecule has 0 bridgehead atoms. The molecule has 0 spiro atoms. The lowest BCUT2D eigenvalue weighted by Crippen LogP contribution is -2.27. The minimum atomic E-state index is -0.00806. The lowest BCUT2D eigenvalue weighted by Gasteiger charge is -2.26. The van der Waals surface area contributed by atoms with Gasteiger partial charge in [-0.15, -0.1) is 0 Å². The van der Waals surface area contributed by atoms with Crippen molar-refractivity contribution in [2.75, 3.05) is 13.2 Å². The predicted molar refractivity (Wildman–Crippen MR) is 66.7 cm³/mol. The Balaban J connectivity index is 1.86. The number of ether oxygens (including phenoxy) is 1. The summed E-state index contributed by atoms with van der Waals surface area (Å²) >= 11 is 0. The molecule has 17 heavy (non-hydrogen) atoms. The maximum absolute atomic E-state index is 6.28. The maximum Gasteiger partial charge on any atom is 0.134 e. The number of benzene rings is 1. The molecule has 1 saturated heterocycles. The molecular formula is C14H17NO2. The molecular weight excluding hydrogens is 214 g/mol. The van der Waals surface area contributed by atoms with Gasteiger partial charge in [0, 0.05) is 18.6 Å². The van der Waals surface area contributed by atoms with Gasteiger partial charge in [-0.05, 0) is 30.9 Å². The number of hydrogen-bond donors (Lipinski definition) is 1. The Labute approximate surface area is 101 Å². The summed E-state index contributed by atoms with van der Waals surface area (Å²) in [6.45, 7) is 1.64. The van der Waals surface area contributed by atoms with Gasteiger partial charge in [0.25, 0.3) is 0 Å². The maximum atomic E-state index is 6.28. The van der Waals surface area contributed by atoms with E-state index in [1.54, 1.807) is 0 Å². The van der Waals surface area contributed by atoms with Gasteiger partial charge >= 0.3 is 0 Å². The summed E-state index contributed by atoms with van der Waals surface area (Å²) < 4.78 is 11.2. The number of fused-ring (bicyclic) bond motifs is 1. The highest BCUT2D eigenvalue weighted by Gasteiger charge is 2.24. The second kappa shape index (κ2) is 4.51. The Morgan fingerprint density at radius 1 is 1.18 bits per heavy atom. The van der Waals surface area contributed by atoms with Crippen LogP contribution >= 0.6 is 0 Å². The SMILES string of the molecule is NC(c1cc2ccccc2o1)C1CCOCC1. The fraction of sp³-hybridized carbons (Fsp3) is 0.429. The second-order valence-corrected chi connectivity index (χ2v) is 4.66. The smallest absolute Gasteiger partial charge is 0.134 e. The van der Waals surface area contributed by atoms with Crippen molar-refractivity contribution in [2.45, 2.75) is 18.9 Å². The highest BCUT2D eigenvalue weighted by Crippen LogP contribution is 2.31. The van der Waals surface area contributed by atoms with E-state index in [9.17, 15) is 0 Å². The van der Waals surface area contributed by atoms with E-state index in [4.69, 9.17) is 14.9 Å². The van der Waals surface area contributed by atoms with E-state index in [1.807, 2.05) is 18.2 Å². The van der Waals surface area contributed by atoms with Crippen molar-refractivity contribution >= 4 is 11.0 Å². The molecule has 3 nitrogen and oxygen atoms in total. The molecule has 1 fully saturated rings. The molecule has 0 aliphatic carbocycles. The van der Waals surface area contributed by atoms with Crippen molar-refractivity contribution in [2.24, 2.45) is 11.7 Å². The molecule has 1 aromatic carbocycles. The first-order chi connectivity index (χ1) is 8.34. The fourth-order valence-electron chi connectivity index (χ4n) is 2.47. The normalized spacial score (nSPS) is 19.6. The largest absolute Gasteiger partial charge is 0.459 e. The van der Waals surface area contributed by atoms with Crippen molar-refractivity contribution < 1.29 is 9.15 Å². The third-order valence-electron chi connectivity index (χ3n) is 3.55. The zero-order valence-electron chi connectivity index (χ0n) is 9.76. The van der Waals surface area contributed by atoms with Gasteiger partial charge < -0.3 is 14.9 Å². The molecule has 2 aromatic rings. The molecule has 1 atom stereocenters. The predicted octanol–water partition coefficient (Wildman–Crippen LogP) is 2.86. The van der Waals surface area contributed by atoms with Crippen LogP contribution in [-0.4, -0.2) is 13.2 Å². The van der Waals surface area contributed by atoms with E-state index in [0.717, 1.165) is 42.8 Å². The Hall–Kier alpha value is -1.32. The summed E-state index contributed by atoms with van der Waals surface area (Å²) in [5.41, 5.74) is 7.21. The van der Waals surface area contributed by atoms with Crippen molar-refractivity contribution in [1.82, 2.24) is 0 Å². The monoisotopic (exact) mass is 231 g/mol. The van der Waals surface area contributed by atoms with Crippen LogP contribution in [0.2, 0.25) is 0 Å². The lowest BCUT2D eigenvalue weighted by atomic mass is 9.91. The number of rotatable bonds is 2. The lowest BCUT2D eigenvalue weighted by molar-refractivity contribution is 0.0562. The molecule has 90 valence electrons. The minimum absolute atomic E-state index is 0.00806. The molecule has 1 aliphatic heterocycles. The molecule has 1 aliphatic rings. The van der Waals surface area contributed by atoms with Crippen LogP contribution in [-0.2, 0) is 4.74 Å². The second-order valence-electron chi connectivity index (χ2n) is 4.66. The Bertz CT molecular complexity index is 467. The van der Waals surface area contributed by atoms with Gasteiger partial charge in [0.2, 0.25) is 0 Å². The number of hydrogen-bond acceptors (Lipinski definition) is 3. The van der Waals surface area contributed by atoms with E-state index in [1.165, 1.54) is 0 Å². The molecule has 1 aromatic heterocycles.